The molecule has 0 aliphatic rings. The van der Waals surface area contributed by atoms with Gasteiger partial charge in [-0.25, -0.2) is 0 Å². The molecule has 0 bridgehead atoms. The zero-order valence-corrected chi connectivity index (χ0v) is 7.12. The van der Waals surface area contributed by atoms with Crippen LogP contribution in [0.4, 0.5) is 0 Å². The summed E-state index contributed by atoms with van der Waals surface area (Å²) >= 11 is 0. The van der Waals surface area contributed by atoms with Gasteiger partial charge in [0.15, 0.2) is 0 Å². The van der Waals surface area contributed by atoms with E-state index in [4.69, 9.17) is 5.73 Å². The van der Waals surface area contributed by atoms with Crippen LogP contribution in [0.25, 0.3) is 11.8 Å². The molecule has 0 aromatic carbocycles. The lowest BCUT2D eigenvalue weighted by atomic mass is 10.3. The molecular weight excluding hydrogens is 148 g/mol. The molecule has 1 aromatic heterocycles. The van der Waals surface area contributed by atoms with Gasteiger partial charge < -0.3 is 5.73 Å². The number of allylic oxidation sites excluding steroid dienone is 1. The zero-order valence-electron chi connectivity index (χ0n) is 7.12. The number of nitrogens with zero attached hydrogens (tertiary/aromatic N) is 1. The molecule has 62 valence electrons. The standard InChI is InChI=1S/C10H12N2/c1-3-5-10-9(8(2)11)6-4-7-12-10/h3-7H,1,11H2,2H3/b9-8+,10-5+. The normalized spacial score (nSPS) is 14.2. The van der Waals surface area contributed by atoms with Crippen LogP contribution in [0.3, 0.4) is 0 Å². The molecule has 2 N–H and O–H groups in total. The number of pyridine rings is 1. The summed E-state index contributed by atoms with van der Waals surface area (Å²) in [7, 11) is 0. The first kappa shape index (κ1) is 8.53. The van der Waals surface area contributed by atoms with Gasteiger partial charge in [0, 0.05) is 17.1 Å². The van der Waals surface area contributed by atoms with Crippen molar-refractivity contribution in [3.05, 3.63) is 41.6 Å². The second-order valence-electron chi connectivity index (χ2n) is 2.52. The van der Waals surface area contributed by atoms with E-state index in [-0.39, 0.29) is 0 Å². The van der Waals surface area contributed by atoms with Crippen molar-refractivity contribution in [2.24, 2.45) is 5.73 Å². The van der Waals surface area contributed by atoms with Crippen molar-refractivity contribution in [1.29, 1.82) is 0 Å². The third-order valence-corrected chi connectivity index (χ3v) is 1.54. The minimum Gasteiger partial charge on any atom is -0.402 e. The number of rotatable bonds is 1. The van der Waals surface area contributed by atoms with Gasteiger partial charge in [0.1, 0.15) is 0 Å². The summed E-state index contributed by atoms with van der Waals surface area (Å²) < 4.78 is 0. The van der Waals surface area contributed by atoms with Crippen molar-refractivity contribution >= 4 is 11.8 Å². The fraction of sp³-hybridized carbons (Fsp3) is 0.100. The van der Waals surface area contributed by atoms with Gasteiger partial charge in [0.05, 0.1) is 5.35 Å². The number of aromatic nitrogens is 1. The summed E-state index contributed by atoms with van der Waals surface area (Å²) in [6.45, 7) is 5.47. The monoisotopic (exact) mass is 160 g/mol. The van der Waals surface area contributed by atoms with Gasteiger partial charge in [-0.1, -0.05) is 12.7 Å². The summed E-state index contributed by atoms with van der Waals surface area (Å²) in [6, 6.07) is 3.81. The lowest BCUT2D eigenvalue weighted by Crippen LogP contribution is -2.30. The predicted molar refractivity (Wildman–Crippen MR) is 51.4 cm³/mol. The second kappa shape index (κ2) is 3.72. The summed E-state index contributed by atoms with van der Waals surface area (Å²) in [5.41, 5.74) is 6.44. The Morgan fingerprint density at radius 2 is 2.42 bits per heavy atom. The van der Waals surface area contributed by atoms with Gasteiger partial charge in [0.25, 0.3) is 0 Å². The van der Waals surface area contributed by atoms with E-state index in [9.17, 15) is 0 Å². The molecule has 0 saturated heterocycles. The first-order valence-corrected chi connectivity index (χ1v) is 3.76. The predicted octanol–water partition coefficient (Wildman–Crippen LogP) is 0.135. The number of hydrogen-bond acceptors (Lipinski definition) is 2. The summed E-state index contributed by atoms with van der Waals surface area (Å²) in [4.78, 5) is 4.16. The summed E-state index contributed by atoms with van der Waals surface area (Å²) in [5.74, 6) is 0. The van der Waals surface area contributed by atoms with Crippen LogP contribution in [0.15, 0.2) is 31.0 Å². The van der Waals surface area contributed by atoms with Crippen LogP contribution in [0, 0.1) is 0 Å². The minimum absolute atomic E-state index is 0.774. The van der Waals surface area contributed by atoms with Crippen molar-refractivity contribution in [3.8, 4) is 0 Å². The van der Waals surface area contributed by atoms with Crippen molar-refractivity contribution < 1.29 is 0 Å². The third kappa shape index (κ3) is 1.72. The molecular formula is C10H12N2. The van der Waals surface area contributed by atoms with Crippen LogP contribution in [0.5, 0.6) is 0 Å². The Morgan fingerprint density at radius 1 is 1.67 bits per heavy atom. The number of hydrogen-bond donors (Lipinski definition) is 1. The van der Waals surface area contributed by atoms with E-state index in [1.54, 1.807) is 12.3 Å². The van der Waals surface area contributed by atoms with Crippen LogP contribution < -0.4 is 16.3 Å². The van der Waals surface area contributed by atoms with E-state index in [1.807, 2.05) is 25.1 Å². The molecule has 0 atom stereocenters. The Labute approximate surface area is 71.7 Å². The highest BCUT2D eigenvalue weighted by atomic mass is 14.6. The van der Waals surface area contributed by atoms with Gasteiger partial charge in [-0.05, 0) is 25.1 Å². The van der Waals surface area contributed by atoms with E-state index in [0.717, 1.165) is 16.3 Å². The summed E-state index contributed by atoms with van der Waals surface area (Å²) in [5, 5.41) is 1.84. The number of nitrogens with two attached hydrogens (primary N) is 1. The quantitative estimate of drug-likeness (QED) is 0.634. The van der Waals surface area contributed by atoms with Gasteiger partial charge in [0.2, 0.25) is 0 Å². The lowest BCUT2D eigenvalue weighted by molar-refractivity contribution is 1.20. The molecule has 1 heterocycles. The molecule has 0 aliphatic heterocycles. The van der Waals surface area contributed by atoms with Gasteiger partial charge in [-0.15, -0.1) is 0 Å². The van der Waals surface area contributed by atoms with Crippen LogP contribution in [0.2, 0.25) is 0 Å². The molecule has 0 spiro atoms. The van der Waals surface area contributed by atoms with Crippen LogP contribution >= 0.6 is 0 Å². The highest BCUT2D eigenvalue weighted by Gasteiger charge is 1.85. The Morgan fingerprint density at radius 3 is 3.00 bits per heavy atom. The highest BCUT2D eigenvalue weighted by Crippen LogP contribution is 1.73. The smallest absolute Gasteiger partial charge is 0.0718 e. The maximum Gasteiger partial charge on any atom is 0.0718 e. The molecule has 2 nitrogen and oxygen atoms in total. The van der Waals surface area contributed by atoms with Crippen LogP contribution in [0.1, 0.15) is 6.92 Å². The third-order valence-electron chi connectivity index (χ3n) is 1.54. The van der Waals surface area contributed by atoms with E-state index in [0.29, 0.717) is 0 Å². The molecule has 0 saturated carbocycles. The van der Waals surface area contributed by atoms with Crippen molar-refractivity contribution in [2.75, 3.05) is 0 Å². The molecule has 2 heteroatoms. The molecule has 0 fully saturated rings. The second-order valence-corrected chi connectivity index (χ2v) is 2.52. The fourth-order valence-corrected chi connectivity index (χ4v) is 0.995. The van der Waals surface area contributed by atoms with Crippen LogP contribution in [-0.4, -0.2) is 4.98 Å². The summed E-state index contributed by atoms with van der Waals surface area (Å²) in [6.07, 6.45) is 5.28. The highest BCUT2D eigenvalue weighted by molar-refractivity contribution is 5.41. The Bertz CT molecular complexity index is 387. The Hall–Kier alpha value is -1.57. The Balaban J connectivity index is 3.60. The van der Waals surface area contributed by atoms with Crippen molar-refractivity contribution in [2.45, 2.75) is 6.92 Å². The van der Waals surface area contributed by atoms with Crippen molar-refractivity contribution in [3.63, 3.8) is 0 Å². The van der Waals surface area contributed by atoms with E-state index >= 15 is 0 Å². The molecule has 0 amide bonds. The first-order chi connectivity index (χ1) is 5.75. The lowest BCUT2D eigenvalue weighted by Gasteiger charge is -1.91. The topological polar surface area (TPSA) is 38.9 Å². The van der Waals surface area contributed by atoms with Gasteiger partial charge in [-0.3, -0.25) is 4.98 Å². The van der Waals surface area contributed by atoms with E-state index in [1.165, 1.54) is 0 Å². The van der Waals surface area contributed by atoms with Gasteiger partial charge in [-0.2, -0.15) is 0 Å². The van der Waals surface area contributed by atoms with E-state index < -0.39 is 0 Å². The van der Waals surface area contributed by atoms with Crippen LogP contribution in [-0.2, 0) is 0 Å². The largest absolute Gasteiger partial charge is 0.402 e. The Kier molecular flexibility index (Phi) is 2.64. The van der Waals surface area contributed by atoms with Crippen molar-refractivity contribution in [1.82, 2.24) is 4.98 Å². The maximum atomic E-state index is 5.67. The molecule has 0 aliphatic carbocycles. The molecule has 1 aromatic rings. The molecule has 0 unspecified atom stereocenters. The molecule has 0 radical (unpaired) electrons. The first-order valence-electron chi connectivity index (χ1n) is 3.76. The average Bonchev–Trinajstić information content (AvgIpc) is 2.05. The van der Waals surface area contributed by atoms with Gasteiger partial charge >= 0.3 is 0 Å². The molecule has 1 rings (SSSR count). The SMILES string of the molecule is C=C/C=c1/nccc/c1=C(/C)N. The fourth-order valence-electron chi connectivity index (χ4n) is 0.995. The maximum absolute atomic E-state index is 5.67. The average molecular weight is 160 g/mol. The molecule has 12 heavy (non-hydrogen) atoms. The minimum atomic E-state index is 0.774. The zero-order chi connectivity index (χ0) is 8.97. The van der Waals surface area contributed by atoms with E-state index in [2.05, 4.69) is 11.6 Å².